The molecule has 6 heteroatoms. The lowest BCUT2D eigenvalue weighted by Gasteiger charge is -2.01. The van der Waals surface area contributed by atoms with Crippen molar-refractivity contribution in [3.63, 3.8) is 0 Å². The minimum Gasteiger partial charge on any atom is -0.320 e. The third-order valence-corrected chi connectivity index (χ3v) is 3.78. The lowest BCUT2D eigenvalue weighted by Crippen LogP contribution is -2.07. The van der Waals surface area contributed by atoms with Crippen molar-refractivity contribution in [3.8, 4) is 0 Å². The van der Waals surface area contributed by atoms with E-state index in [-0.39, 0.29) is 5.91 Å². The first-order valence-electron chi connectivity index (χ1n) is 7.66. The Morgan fingerprint density at radius 3 is 2.71 bits per heavy atom. The van der Waals surface area contributed by atoms with Crippen LogP contribution >= 0.6 is 0 Å². The van der Waals surface area contributed by atoms with E-state index >= 15 is 0 Å². The van der Waals surface area contributed by atoms with Crippen LogP contribution in [0, 0.1) is 6.92 Å². The Morgan fingerprint density at radius 2 is 2.00 bits per heavy atom. The zero-order valence-corrected chi connectivity index (χ0v) is 13.7. The number of anilines is 1. The van der Waals surface area contributed by atoms with Crippen molar-refractivity contribution in [3.05, 3.63) is 71.8 Å². The van der Waals surface area contributed by atoms with Crippen molar-refractivity contribution in [2.75, 3.05) is 5.32 Å². The molecule has 0 aliphatic heterocycles. The summed E-state index contributed by atoms with van der Waals surface area (Å²) in [5, 5.41) is 11.2. The van der Waals surface area contributed by atoms with Crippen molar-refractivity contribution >= 4 is 17.7 Å². The number of aryl methyl sites for hydroxylation is 1. The summed E-state index contributed by atoms with van der Waals surface area (Å²) >= 11 is 0. The van der Waals surface area contributed by atoms with Gasteiger partial charge in [0.05, 0.1) is 24.6 Å². The zero-order valence-electron chi connectivity index (χ0n) is 13.7. The molecule has 1 amide bonds. The number of nitrogens with one attached hydrogen (secondary N) is 1. The maximum Gasteiger partial charge on any atom is 0.248 e. The Hall–Kier alpha value is -3.15. The van der Waals surface area contributed by atoms with E-state index in [0.717, 1.165) is 16.8 Å². The quantitative estimate of drug-likeness (QED) is 0.735. The van der Waals surface area contributed by atoms with Crippen LogP contribution < -0.4 is 5.32 Å². The highest BCUT2D eigenvalue weighted by atomic mass is 16.1. The summed E-state index contributed by atoms with van der Waals surface area (Å²) in [7, 11) is 1.87. The average molecular weight is 321 g/mol. The van der Waals surface area contributed by atoms with Gasteiger partial charge in [-0.05, 0) is 18.6 Å². The first-order chi connectivity index (χ1) is 11.6. The number of amides is 1. The van der Waals surface area contributed by atoms with Gasteiger partial charge >= 0.3 is 0 Å². The summed E-state index contributed by atoms with van der Waals surface area (Å²) in [5.41, 5.74) is 3.76. The van der Waals surface area contributed by atoms with E-state index < -0.39 is 0 Å². The fourth-order valence-electron chi connectivity index (χ4n) is 2.31. The van der Waals surface area contributed by atoms with Gasteiger partial charge in [0.25, 0.3) is 0 Å². The molecule has 1 N–H and O–H groups in total. The van der Waals surface area contributed by atoms with Gasteiger partial charge in [0.15, 0.2) is 0 Å². The van der Waals surface area contributed by atoms with Gasteiger partial charge in [-0.1, -0.05) is 30.3 Å². The van der Waals surface area contributed by atoms with Gasteiger partial charge in [0.2, 0.25) is 5.91 Å². The van der Waals surface area contributed by atoms with Crippen molar-refractivity contribution in [2.24, 2.45) is 7.05 Å². The maximum atomic E-state index is 12.0. The largest absolute Gasteiger partial charge is 0.320 e. The molecule has 0 atom stereocenters. The number of hydrogen-bond donors (Lipinski definition) is 1. The Labute approximate surface area is 140 Å². The van der Waals surface area contributed by atoms with Crippen LogP contribution in [0.3, 0.4) is 0 Å². The van der Waals surface area contributed by atoms with Crippen LogP contribution in [-0.2, 0) is 18.4 Å². The molecule has 0 bridgehead atoms. The van der Waals surface area contributed by atoms with Gasteiger partial charge in [0, 0.05) is 30.6 Å². The van der Waals surface area contributed by atoms with E-state index in [4.69, 9.17) is 0 Å². The first-order valence-corrected chi connectivity index (χ1v) is 7.66. The van der Waals surface area contributed by atoms with E-state index in [1.165, 1.54) is 6.08 Å². The van der Waals surface area contributed by atoms with Crippen LogP contribution in [0.4, 0.5) is 5.69 Å². The van der Waals surface area contributed by atoms with Crippen LogP contribution in [0.2, 0.25) is 0 Å². The van der Waals surface area contributed by atoms with Crippen molar-refractivity contribution in [1.82, 2.24) is 19.6 Å². The summed E-state index contributed by atoms with van der Waals surface area (Å²) in [6.45, 7) is 2.62. The second-order valence-electron chi connectivity index (χ2n) is 5.54. The molecule has 0 fully saturated rings. The van der Waals surface area contributed by atoms with Crippen molar-refractivity contribution < 1.29 is 4.79 Å². The number of carbonyl (C=O) groups excluding carboxylic acids is 1. The van der Waals surface area contributed by atoms with Crippen molar-refractivity contribution in [1.29, 1.82) is 0 Å². The Kier molecular flexibility index (Phi) is 4.56. The van der Waals surface area contributed by atoms with Crippen LogP contribution in [-0.4, -0.2) is 25.5 Å². The van der Waals surface area contributed by atoms with Gasteiger partial charge in [-0.15, -0.1) is 0 Å². The summed E-state index contributed by atoms with van der Waals surface area (Å²) in [5.74, 6) is -0.197. The summed E-state index contributed by atoms with van der Waals surface area (Å²) in [4.78, 5) is 12.0. The molecular formula is C18H19N5O. The highest BCUT2D eigenvalue weighted by Crippen LogP contribution is 2.10. The van der Waals surface area contributed by atoms with Gasteiger partial charge in [-0.3, -0.25) is 14.2 Å². The first kappa shape index (κ1) is 15.7. The van der Waals surface area contributed by atoms with E-state index in [0.29, 0.717) is 12.2 Å². The second kappa shape index (κ2) is 6.95. The smallest absolute Gasteiger partial charge is 0.248 e. The van der Waals surface area contributed by atoms with E-state index in [1.807, 2.05) is 50.5 Å². The van der Waals surface area contributed by atoms with Crippen LogP contribution in [0.15, 0.2) is 55.0 Å². The molecule has 0 radical (unpaired) electrons. The number of benzene rings is 1. The molecule has 1 aromatic carbocycles. The molecule has 0 aliphatic rings. The molecule has 0 saturated carbocycles. The Balaban J connectivity index is 1.60. The minimum atomic E-state index is -0.197. The monoisotopic (exact) mass is 321 g/mol. The van der Waals surface area contributed by atoms with E-state index in [9.17, 15) is 4.79 Å². The van der Waals surface area contributed by atoms with Crippen LogP contribution in [0.5, 0.6) is 0 Å². The Bertz CT molecular complexity index is 861. The number of carbonyl (C=O) groups is 1. The Morgan fingerprint density at radius 1 is 1.21 bits per heavy atom. The second-order valence-corrected chi connectivity index (χ2v) is 5.54. The molecule has 0 spiro atoms. The molecule has 0 unspecified atom stereocenters. The maximum absolute atomic E-state index is 12.0. The fourth-order valence-corrected chi connectivity index (χ4v) is 2.31. The molecule has 122 valence electrons. The predicted molar refractivity (Wildman–Crippen MR) is 93.4 cm³/mol. The summed E-state index contributed by atoms with van der Waals surface area (Å²) in [6, 6.07) is 10.0. The van der Waals surface area contributed by atoms with Gasteiger partial charge in [-0.2, -0.15) is 10.2 Å². The van der Waals surface area contributed by atoms with Gasteiger partial charge < -0.3 is 5.32 Å². The highest BCUT2D eigenvalue weighted by Gasteiger charge is 2.04. The third kappa shape index (κ3) is 3.78. The molecule has 3 aromatic rings. The summed E-state index contributed by atoms with van der Waals surface area (Å²) < 4.78 is 3.56. The number of hydrogen-bond acceptors (Lipinski definition) is 3. The third-order valence-electron chi connectivity index (χ3n) is 3.78. The van der Waals surface area contributed by atoms with Gasteiger partial charge in [-0.25, -0.2) is 0 Å². The summed E-state index contributed by atoms with van der Waals surface area (Å²) in [6.07, 6.45) is 8.44. The molecule has 3 rings (SSSR count). The topological polar surface area (TPSA) is 64.7 Å². The molecule has 0 aliphatic carbocycles. The number of aromatic nitrogens is 4. The lowest BCUT2D eigenvalue weighted by atomic mass is 10.2. The highest BCUT2D eigenvalue weighted by molar-refractivity contribution is 6.01. The van der Waals surface area contributed by atoms with Crippen LogP contribution in [0.1, 0.15) is 16.8 Å². The van der Waals surface area contributed by atoms with E-state index in [2.05, 4.69) is 15.5 Å². The average Bonchev–Trinajstić information content (AvgIpc) is 3.14. The molecule has 24 heavy (non-hydrogen) atoms. The normalized spacial score (nSPS) is 11.1. The molecule has 2 heterocycles. The molecular weight excluding hydrogens is 302 g/mol. The molecule has 0 saturated heterocycles. The number of rotatable bonds is 5. The van der Waals surface area contributed by atoms with Crippen molar-refractivity contribution in [2.45, 2.75) is 13.5 Å². The SMILES string of the molecule is Cc1c(/C=C/C(=O)Nc2cnn(Cc3ccccc3)c2)cnn1C. The minimum absolute atomic E-state index is 0.197. The number of nitrogens with zero attached hydrogens (tertiary/aromatic N) is 4. The molecule has 6 nitrogen and oxygen atoms in total. The van der Waals surface area contributed by atoms with Crippen LogP contribution in [0.25, 0.3) is 6.08 Å². The predicted octanol–water partition coefficient (Wildman–Crippen LogP) is 2.63. The fraction of sp³-hybridized carbons (Fsp3) is 0.167. The molecule has 2 aromatic heterocycles. The lowest BCUT2D eigenvalue weighted by molar-refractivity contribution is -0.111. The van der Waals surface area contributed by atoms with Gasteiger partial charge in [0.1, 0.15) is 0 Å². The zero-order chi connectivity index (χ0) is 16.9. The van der Waals surface area contributed by atoms with E-state index in [1.54, 1.807) is 27.8 Å². The standard InChI is InChI=1S/C18H19N5O/c1-14-16(10-19-22(14)2)8-9-18(24)21-17-11-20-23(13-17)12-15-6-4-3-5-7-15/h3-11,13H,12H2,1-2H3,(H,21,24)/b9-8+.